The summed E-state index contributed by atoms with van der Waals surface area (Å²) in [6.45, 7) is 0. The van der Waals surface area contributed by atoms with Crippen LogP contribution in [-0.2, 0) is 0 Å². The number of nitrogens with two attached hydrogens (primary N) is 1. The SMILES string of the molecule is NNc1ncccc1C(=O)Nc1ccc(Br)cc1Br. The number of nitrogens with one attached hydrogen (secondary N) is 2. The molecule has 0 aliphatic heterocycles. The summed E-state index contributed by atoms with van der Waals surface area (Å²) < 4.78 is 1.70. The van der Waals surface area contributed by atoms with Crippen LogP contribution in [0.4, 0.5) is 11.5 Å². The van der Waals surface area contributed by atoms with Crippen molar-refractivity contribution in [1.82, 2.24) is 4.98 Å². The minimum Gasteiger partial charge on any atom is -0.321 e. The third-order valence-corrected chi connectivity index (χ3v) is 3.52. The summed E-state index contributed by atoms with van der Waals surface area (Å²) in [6.07, 6.45) is 1.56. The molecule has 0 saturated heterocycles. The number of hydrogen-bond acceptors (Lipinski definition) is 4. The second-order valence-corrected chi connectivity index (χ2v) is 5.39. The largest absolute Gasteiger partial charge is 0.321 e. The smallest absolute Gasteiger partial charge is 0.259 e. The summed E-state index contributed by atoms with van der Waals surface area (Å²) in [4.78, 5) is 16.1. The van der Waals surface area contributed by atoms with Crippen molar-refractivity contribution in [3.63, 3.8) is 0 Å². The highest BCUT2D eigenvalue weighted by atomic mass is 79.9. The summed E-state index contributed by atoms with van der Waals surface area (Å²) in [5.74, 6) is 5.36. The highest BCUT2D eigenvalue weighted by Gasteiger charge is 2.13. The molecule has 0 aliphatic carbocycles. The summed E-state index contributed by atoms with van der Waals surface area (Å²) in [5.41, 5.74) is 3.44. The Morgan fingerprint density at radius 3 is 2.74 bits per heavy atom. The molecule has 0 saturated carbocycles. The predicted octanol–water partition coefficient (Wildman–Crippen LogP) is 3.14. The monoisotopic (exact) mass is 384 g/mol. The third-order valence-electron chi connectivity index (χ3n) is 2.37. The number of pyridine rings is 1. The fourth-order valence-electron chi connectivity index (χ4n) is 1.48. The minimum absolute atomic E-state index is 0.288. The number of hydrazine groups is 1. The maximum absolute atomic E-state index is 12.2. The molecule has 98 valence electrons. The van der Waals surface area contributed by atoms with Crippen LogP contribution in [-0.4, -0.2) is 10.9 Å². The first-order valence-electron chi connectivity index (χ1n) is 5.30. The zero-order valence-electron chi connectivity index (χ0n) is 9.65. The van der Waals surface area contributed by atoms with Gasteiger partial charge in [0, 0.05) is 15.1 Å². The van der Waals surface area contributed by atoms with Gasteiger partial charge >= 0.3 is 0 Å². The summed E-state index contributed by atoms with van der Waals surface area (Å²) >= 11 is 6.73. The summed E-state index contributed by atoms with van der Waals surface area (Å²) in [7, 11) is 0. The molecule has 4 N–H and O–H groups in total. The molecular weight excluding hydrogens is 376 g/mol. The summed E-state index contributed by atoms with van der Waals surface area (Å²) in [6, 6.07) is 8.79. The van der Waals surface area contributed by atoms with E-state index in [1.54, 1.807) is 24.4 Å². The predicted molar refractivity (Wildman–Crippen MR) is 81.8 cm³/mol. The van der Waals surface area contributed by atoms with Crippen LogP contribution in [0.5, 0.6) is 0 Å². The average molecular weight is 386 g/mol. The van der Waals surface area contributed by atoms with E-state index >= 15 is 0 Å². The molecule has 2 rings (SSSR count). The summed E-state index contributed by atoms with van der Waals surface area (Å²) in [5, 5.41) is 2.79. The Balaban J connectivity index is 2.26. The van der Waals surface area contributed by atoms with Gasteiger partial charge < -0.3 is 10.7 Å². The van der Waals surface area contributed by atoms with E-state index in [1.165, 1.54) is 0 Å². The Bertz CT molecular complexity index is 618. The van der Waals surface area contributed by atoms with Crippen LogP contribution in [0.15, 0.2) is 45.5 Å². The van der Waals surface area contributed by atoms with Gasteiger partial charge in [-0.3, -0.25) is 4.79 Å². The Kier molecular flexibility index (Phi) is 4.52. The molecule has 5 nitrogen and oxygen atoms in total. The third kappa shape index (κ3) is 3.31. The molecule has 0 bridgehead atoms. The van der Waals surface area contributed by atoms with Crippen LogP contribution >= 0.6 is 31.9 Å². The van der Waals surface area contributed by atoms with E-state index in [4.69, 9.17) is 5.84 Å². The average Bonchev–Trinajstić information content (AvgIpc) is 2.41. The van der Waals surface area contributed by atoms with E-state index in [-0.39, 0.29) is 5.91 Å². The molecule has 1 aromatic heterocycles. The quantitative estimate of drug-likeness (QED) is 0.560. The van der Waals surface area contributed by atoms with Gasteiger partial charge in [-0.05, 0) is 46.3 Å². The van der Waals surface area contributed by atoms with Crippen LogP contribution in [0.3, 0.4) is 0 Å². The van der Waals surface area contributed by atoms with Gasteiger partial charge in [0.1, 0.15) is 0 Å². The Morgan fingerprint density at radius 1 is 1.26 bits per heavy atom. The molecule has 1 heterocycles. The number of nitrogens with zero attached hydrogens (tertiary/aromatic N) is 1. The van der Waals surface area contributed by atoms with Gasteiger partial charge in [-0.25, -0.2) is 10.8 Å². The second kappa shape index (κ2) is 6.14. The number of carbonyl (C=O) groups is 1. The zero-order valence-corrected chi connectivity index (χ0v) is 12.8. The van der Waals surface area contributed by atoms with Crippen LogP contribution in [0, 0.1) is 0 Å². The molecule has 7 heteroatoms. The number of halogens is 2. The van der Waals surface area contributed by atoms with Gasteiger partial charge in [-0.15, -0.1) is 0 Å². The fraction of sp³-hybridized carbons (Fsp3) is 0. The number of hydrogen-bond donors (Lipinski definition) is 3. The van der Waals surface area contributed by atoms with Gasteiger partial charge in [0.2, 0.25) is 0 Å². The van der Waals surface area contributed by atoms with E-state index in [0.29, 0.717) is 17.1 Å². The molecule has 1 aromatic carbocycles. The first-order chi connectivity index (χ1) is 9.11. The van der Waals surface area contributed by atoms with E-state index in [9.17, 15) is 4.79 Å². The Morgan fingerprint density at radius 2 is 2.05 bits per heavy atom. The van der Waals surface area contributed by atoms with Gasteiger partial charge in [0.05, 0.1) is 11.3 Å². The Hall–Kier alpha value is -1.44. The van der Waals surface area contributed by atoms with Crippen molar-refractivity contribution in [3.8, 4) is 0 Å². The molecule has 0 fully saturated rings. The molecule has 1 amide bonds. The van der Waals surface area contributed by atoms with Crippen molar-refractivity contribution in [2.75, 3.05) is 10.7 Å². The molecule has 0 aliphatic rings. The van der Waals surface area contributed by atoms with Crippen molar-refractivity contribution in [3.05, 3.63) is 51.0 Å². The number of benzene rings is 1. The van der Waals surface area contributed by atoms with Crippen LogP contribution < -0.4 is 16.6 Å². The maximum Gasteiger partial charge on any atom is 0.259 e. The lowest BCUT2D eigenvalue weighted by molar-refractivity contribution is 0.102. The lowest BCUT2D eigenvalue weighted by atomic mass is 10.2. The van der Waals surface area contributed by atoms with Crippen molar-refractivity contribution in [2.45, 2.75) is 0 Å². The van der Waals surface area contributed by atoms with Crippen molar-refractivity contribution in [1.29, 1.82) is 0 Å². The highest BCUT2D eigenvalue weighted by molar-refractivity contribution is 9.11. The molecule has 0 unspecified atom stereocenters. The molecule has 2 aromatic rings. The first-order valence-corrected chi connectivity index (χ1v) is 6.88. The molecule has 0 radical (unpaired) electrons. The van der Waals surface area contributed by atoms with Gasteiger partial charge in [0.25, 0.3) is 5.91 Å². The van der Waals surface area contributed by atoms with Gasteiger partial charge in [0.15, 0.2) is 5.82 Å². The van der Waals surface area contributed by atoms with E-state index < -0.39 is 0 Å². The molecule has 0 spiro atoms. The first kappa shape index (κ1) is 14.0. The zero-order chi connectivity index (χ0) is 13.8. The van der Waals surface area contributed by atoms with Crippen molar-refractivity contribution < 1.29 is 4.79 Å². The normalized spacial score (nSPS) is 10.1. The lowest BCUT2D eigenvalue weighted by Gasteiger charge is -2.10. The van der Waals surface area contributed by atoms with Crippen LogP contribution in [0.25, 0.3) is 0 Å². The lowest BCUT2D eigenvalue weighted by Crippen LogP contribution is -2.18. The van der Waals surface area contributed by atoms with E-state index in [0.717, 1.165) is 8.95 Å². The van der Waals surface area contributed by atoms with E-state index in [2.05, 4.69) is 47.6 Å². The number of amides is 1. The molecule has 0 atom stereocenters. The van der Waals surface area contributed by atoms with Crippen molar-refractivity contribution in [2.24, 2.45) is 5.84 Å². The number of aromatic nitrogens is 1. The second-order valence-electron chi connectivity index (χ2n) is 3.62. The topological polar surface area (TPSA) is 80.0 Å². The number of carbonyl (C=O) groups excluding carboxylic acids is 1. The Labute approximate surface area is 126 Å². The van der Waals surface area contributed by atoms with Crippen LogP contribution in [0.1, 0.15) is 10.4 Å². The number of rotatable bonds is 3. The fourth-order valence-corrected chi connectivity index (χ4v) is 2.63. The number of nitrogen functional groups attached to an aromatic ring is 1. The molecular formula is C12H10Br2N4O. The maximum atomic E-state index is 12.2. The van der Waals surface area contributed by atoms with Gasteiger partial charge in [-0.1, -0.05) is 15.9 Å². The standard InChI is InChI=1S/C12H10Br2N4O/c13-7-3-4-10(9(14)6-7)17-12(19)8-2-1-5-16-11(8)18-15/h1-6H,15H2,(H,16,18)(H,17,19). The van der Waals surface area contributed by atoms with E-state index in [1.807, 2.05) is 12.1 Å². The number of anilines is 2. The van der Waals surface area contributed by atoms with Gasteiger partial charge in [-0.2, -0.15) is 0 Å². The molecule has 19 heavy (non-hydrogen) atoms. The minimum atomic E-state index is -0.288. The van der Waals surface area contributed by atoms with Crippen LogP contribution in [0.2, 0.25) is 0 Å². The highest BCUT2D eigenvalue weighted by Crippen LogP contribution is 2.27. The van der Waals surface area contributed by atoms with Crippen molar-refractivity contribution >= 4 is 49.3 Å².